The van der Waals surface area contributed by atoms with E-state index < -0.39 is 28.3 Å². The molecule has 9 heteroatoms. The zero-order valence-corrected chi connectivity index (χ0v) is 20.9. The summed E-state index contributed by atoms with van der Waals surface area (Å²) in [6.07, 6.45) is 5.30. The maximum atomic E-state index is 13.8. The van der Waals surface area contributed by atoms with E-state index in [1.165, 1.54) is 18.2 Å². The zero-order chi connectivity index (χ0) is 25.7. The van der Waals surface area contributed by atoms with Gasteiger partial charge < -0.3 is 5.32 Å². The molecule has 1 amide bonds. The minimum absolute atomic E-state index is 0.333. The van der Waals surface area contributed by atoms with Crippen LogP contribution in [0.5, 0.6) is 0 Å². The molecule has 36 heavy (non-hydrogen) atoms. The molecule has 0 spiro atoms. The topological polar surface area (TPSA) is 91.9 Å². The second kappa shape index (κ2) is 11.3. The van der Waals surface area contributed by atoms with Gasteiger partial charge >= 0.3 is 0 Å². The Hall–Kier alpha value is -3.75. The Morgan fingerprint density at radius 3 is 2.53 bits per heavy atom. The van der Waals surface area contributed by atoms with Crippen molar-refractivity contribution in [1.82, 2.24) is 15.5 Å². The summed E-state index contributed by atoms with van der Waals surface area (Å²) in [6.45, 7) is 2.02. The van der Waals surface area contributed by atoms with Crippen molar-refractivity contribution in [3.8, 4) is 0 Å². The summed E-state index contributed by atoms with van der Waals surface area (Å²) in [5.74, 6) is -1.30. The van der Waals surface area contributed by atoms with Crippen molar-refractivity contribution >= 4 is 56.3 Å². The number of fused-ring (bicyclic) bond motifs is 1. The Morgan fingerprint density at radius 2 is 1.83 bits per heavy atom. The molecule has 0 aliphatic heterocycles. The van der Waals surface area contributed by atoms with Crippen LogP contribution in [0.1, 0.15) is 35.6 Å². The van der Waals surface area contributed by atoms with Crippen LogP contribution in [0, 0.1) is 5.82 Å². The summed E-state index contributed by atoms with van der Waals surface area (Å²) < 4.78 is 35.1. The molecule has 1 heterocycles. The van der Waals surface area contributed by atoms with Crippen LogP contribution in [0.15, 0.2) is 72.9 Å². The summed E-state index contributed by atoms with van der Waals surface area (Å²) in [6, 6.07) is 18.0. The highest BCUT2D eigenvalue weighted by molar-refractivity contribution is 7.72. The van der Waals surface area contributed by atoms with Crippen molar-refractivity contribution in [2.45, 2.75) is 13.3 Å². The summed E-state index contributed by atoms with van der Waals surface area (Å²) >= 11 is 6.47. The van der Waals surface area contributed by atoms with E-state index >= 15 is 0 Å². The highest BCUT2D eigenvalue weighted by Crippen LogP contribution is 2.38. The third-order valence-electron chi connectivity index (χ3n) is 5.65. The van der Waals surface area contributed by atoms with Gasteiger partial charge in [-0.15, -0.1) is 0 Å². The number of benzene rings is 3. The molecule has 0 bridgehead atoms. The normalized spacial score (nSPS) is 12.3. The first-order valence-corrected chi connectivity index (χ1v) is 12.9. The summed E-state index contributed by atoms with van der Waals surface area (Å²) in [7, 11) is -2.68. The molecular formula is C27H23ClFN3O3S. The SMILES string of the molecule is CC/C(=C(/c1ccc(/C=C/C(=O)NC[SH](=O)=O)cc1)c1ccc2[nH]ncc2c1)c1ccc(F)cc1Cl. The molecule has 0 unspecified atom stereocenters. The predicted molar refractivity (Wildman–Crippen MR) is 143 cm³/mol. The van der Waals surface area contributed by atoms with Crippen LogP contribution >= 0.6 is 11.6 Å². The van der Waals surface area contributed by atoms with E-state index in [-0.39, 0.29) is 0 Å². The van der Waals surface area contributed by atoms with Crippen molar-refractivity contribution in [2.75, 3.05) is 5.88 Å². The van der Waals surface area contributed by atoms with Crippen molar-refractivity contribution in [3.63, 3.8) is 0 Å². The molecule has 4 rings (SSSR count). The number of carbonyl (C=O) groups is 1. The van der Waals surface area contributed by atoms with E-state index in [9.17, 15) is 17.6 Å². The summed E-state index contributed by atoms with van der Waals surface area (Å²) in [5.41, 5.74) is 6.20. The fourth-order valence-electron chi connectivity index (χ4n) is 3.98. The first kappa shape index (κ1) is 25.3. The Balaban J connectivity index is 1.78. The van der Waals surface area contributed by atoms with Crippen molar-refractivity contribution in [3.05, 3.63) is 106 Å². The molecule has 0 radical (unpaired) electrons. The maximum Gasteiger partial charge on any atom is 0.244 e. The van der Waals surface area contributed by atoms with Crippen molar-refractivity contribution in [1.29, 1.82) is 0 Å². The number of carbonyl (C=O) groups excluding carboxylic acids is 1. The van der Waals surface area contributed by atoms with E-state index in [2.05, 4.69) is 15.5 Å². The molecule has 0 aliphatic carbocycles. The van der Waals surface area contributed by atoms with Crippen LogP contribution in [-0.2, 0) is 15.5 Å². The molecule has 3 aromatic carbocycles. The number of aromatic nitrogens is 2. The molecule has 0 fully saturated rings. The van der Waals surface area contributed by atoms with E-state index in [1.807, 2.05) is 49.4 Å². The van der Waals surface area contributed by atoms with Gasteiger partial charge in [0.15, 0.2) is 10.7 Å². The molecule has 4 aromatic rings. The van der Waals surface area contributed by atoms with Crippen LogP contribution in [0.25, 0.3) is 28.1 Å². The molecular weight excluding hydrogens is 501 g/mol. The average molecular weight is 524 g/mol. The quantitative estimate of drug-likeness (QED) is 0.163. The molecule has 0 saturated carbocycles. The number of nitrogens with one attached hydrogen (secondary N) is 2. The summed E-state index contributed by atoms with van der Waals surface area (Å²) in [4.78, 5) is 11.8. The number of aromatic amines is 1. The number of H-pyrrole nitrogens is 1. The lowest BCUT2D eigenvalue weighted by Gasteiger charge is -2.18. The van der Waals surface area contributed by atoms with Gasteiger partial charge in [-0.05, 0) is 70.2 Å². The number of rotatable bonds is 8. The van der Waals surface area contributed by atoms with Gasteiger partial charge in [0.2, 0.25) is 5.91 Å². The van der Waals surface area contributed by atoms with Crippen LogP contribution in [0.4, 0.5) is 4.39 Å². The molecule has 0 saturated heterocycles. The third kappa shape index (κ3) is 5.90. The molecule has 0 aliphatic rings. The second-order valence-corrected chi connectivity index (χ2v) is 9.38. The van der Waals surface area contributed by atoms with E-state index in [0.29, 0.717) is 11.4 Å². The molecule has 2 N–H and O–H groups in total. The van der Waals surface area contributed by atoms with Crippen LogP contribution in [0.3, 0.4) is 0 Å². The van der Waals surface area contributed by atoms with Gasteiger partial charge in [0.25, 0.3) is 0 Å². The van der Waals surface area contributed by atoms with Gasteiger partial charge in [0.1, 0.15) is 11.7 Å². The predicted octanol–water partition coefficient (Wildman–Crippen LogP) is 5.42. The lowest BCUT2D eigenvalue weighted by Crippen LogP contribution is -2.22. The maximum absolute atomic E-state index is 13.8. The first-order chi connectivity index (χ1) is 17.4. The number of thiol groups is 1. The van der Waals surface area contributed by atoms with Crippen LogP contribution < -0.4 is 5.32 Å². The number of hydrogen-bond acceptors (Lipinski definition) is 4. The van der Waals surface area contributed by atoms with Gasteiger partial charge in [-0.3, -0.25) is 9.89 Å². The van der Waals surface area contributed by atoms with Crippen molar-refractivity contribution < 1.29 is 17.6 Å². The first-order valence-electron chi connectivity index (χ1n) is 11.2. The van der Waals surface area contributed by atoms with Gasteiger partial charge in [-0.25, -0.2) is 12.8 Å². The largest absolute Gasteiger partial charge is 0.339 e. The number of nitrogens with zero attached hydrogens (tertiary/aromatic N) is 1. The Morgan fingerprint density at radius 1 is 1.08 bits per heavy atom. The highest BCUT2D eigenvalue weighted by Gasteiger charge is 2.16. The minimum Gasteiger partial charge on any atom is -0.339 e. The highest BCUT2D eigenvalue weighted by atomic mass is 35.5. The second-order valence-electron chi connectivity index (χ2n) is 7.99. The lowest BCUT2D eigenvalue weighted by molar-refractivity contribution is -0.116. The summed E-state index contributed by atoms with van der Waals surface area (Å²) in [5, 5.41) is 10.6. The molecule has 1 aromatic heterocycles. The molecule has 184 valence electrons. The minimum atomic E-state index is -2.68. The van der Waals surface area contributed by atoms with Crippen LogP contribution in [0.2, 0.25) is 5.02 Å². The zero-order valence-electron chi connectivity index (χ0n) is 19.3. The monoisotopic (exact) mass is 523 g/mol. The number of hydrogen-bond donors (Lipinski definition) is 3. The fraction of sp³-hybridized carbons (Fsp3) is 0.111. The average Bonchev–Trinajstić information content (AvgIpc) is 3.34. The fourth-order valence-corrected chi connectivity index (χ4v) is 4.55. The van der Waals surface area contributed by atoms with E-state index in [0.717, 1.165) is 44.3 Å². The van der Waals surface area contributed by atoms with Crippen LogP contribution in [-0.4, -0.2) is 30.4 Å². The Labute approximate surface area is 214 Å². The smallest absolute Gasteiger partial charge is 0.244 e. The standard InChI is InChI=1S/C27H23ClFN3O3S/c1-2-22(23-10-9-21(29)14-24(23)28)27(19-8-11-25-20(13-19)15-31-32-25)18-6-3-17(4-7-18)5-12-26(33)30-16-36(34)35/h3-15,36H,2,16H2,1H3,(H,30,33)(H,31,32)/b12-5+,27-22+. The van der Waals surface area contributed by atoms with E-state index in [1.54, 1.807) is 18.3 Å². The number of amides is 1. The van der Waals surface area contributed by atoms with Gasteiger partial charge in [0.05, 0.1) is 16.7 Å². The lowest BCUT2D eigenvalue weighted by atomic mass is 9.87. The van der Waals surface area contributed by atoms with Gasteiger partial charge in [-0.1, -0.05) is 54.9 Å². The Bertz CT molecular complexity index is 1550. The molecule has 6 nitrogen and oxygen atoms in total. The van der Waals surface area contributed by atoms with Crippen molar-refractivity contribution in [2.24, 2.45) is 0 Å². The number of allylic oxidation sites excluding steroid dienone is 1. The molecule has 0 atom stereocenters. The van der Waals surface area contributed by atoms with E-state index in [4.69, 9.17) is 11.6 Å². The Kier molecular flexibility index (Phi) is 7.97. The number of halogens is 2. The third-order valence-corrected chi connectivity index (χ3v) is 6.38. The van der Waals surface area contributed by atoms with Gasteiger partial charge in [0, 0.05) is 11.5 Å². The van der Waals surface area contributed by atoms with Gasteiger partial charge in [-0.2, -0.15) is 5.10 Å².